The number of rotatable bonds is 7. The van der Waals surface area contributed by atoms with E-state index in [0.717, 1.165) is 6.42 Å². The van der Waals surface area contributed by atoms with Gasteiger partial charge in [0, 0.05) is 12.6 Å². The number of pyridine rings is 1. The van der Waals surface area contributed by atoms with E-state index in [1.807, 2.05) is 6.92 Å². The van der Waals surface area contributed by atoms with Crippen molar-refractivity contribution in [2.45, 2.75) is 19.9 Å². The monoisotopic (exact) mass is 292 g/mol. The standard InChI is InChI=1S/C13H16N4O4/c1-2-6-15(9-12(18)19)8-10-13(17(20)21)16-7-4-3-5-11(16)14-10/h3-5,7H,2,6,8-9H2,1H3,(H,18,19). The Kier molecular flexibility index (Phi) is 4.49. The highest BCUT2D eigenvalue weighted by Gasteiger charge is 2.24. The van der Waals surface area contributed by atoms with E-state index in [1.54, 1.807) is 29.3 Å². The van der Waals surface area contributed by atoms with Gasteiger partial charge in [0.25, 0.3) is 0 Å². The first-order valence-electron chi connectivity index (χ1n) is 6.57. The van der Waals surface area contributed by atoms with Crippen LogP contribution in [0.5, 0.6) is 0 Å². The van der Waals surface area contributed by atoms with Crippen molar-refractivity contribution in [3.63, 3.8) is 0 Å². The summed E-state index contributed by atoms with van der Waals surface area (Å²) in [6, 6.07) is 5.11. The van der Waals surface area contributed by atoms with Crippen LogP contribution in [0.15, 0.2) is 24.4 Å². The second-order valence-corrected chi connectivity index (χ2v) is 4.67. The van der Waals surface area contributed by atoms with E-state index in [1.165, 1.54) is 4.40 Å². The predicted octanol–water partition coefficient (Wildman–Crippen LogP) is 1.54. The molecule has 2 aromatic heterocycles. The molecule has 0 spiro atoms. The van der Waals surface area contributed by atoms with Crippen molar-refractivity contribution in [2.75, 3.05) is 13.1 Å². The first kappa shape index (κ1) is 14.9. The molecule has 0 amide bonds. The SMILES string of the molecule is CCCN(CC(=O)O)Cc1nc2ccccn2c1[N+](=O)[O-]. The second-order valence-electron chi connectivity index (χ2n) is 4.67. The number of carboxylic acids is 1. The molecule has 0 saturated heterocycles. The van der Waals surface area contributed by atoms with Gasteiger partial charge in [0.15, 0.2) is 5.69 Å². The average Bonchev–Trinajstić information content (AvgIpc) is 2.75. The highest BCUT2D eigenvalue weighted by Crippen LogP contribution is 2.22. The maximum absolute atomic E-state index is 11.3. The largest absolute Gasteiger partial charge is 0.480 e. The molecule has 0 unspecified atom stereocenters. The Morgan fingerprint density at radius 3 is 2.90 bits per heavy atom. The Labute approximate surface area is 120 Å². The Balaban J connectivity index is 2.37. The van der Waals surface area contributed by atoms with Crippen LogP contribution in [-0.2, 0) is 11.3 Å². The number of aliphatic carboxylic acids is 1. The van der Waals surface area contributed by atoms with E-state index in [-0.39, 0.29) is 24.6 Å². The van der Waals surface area contributed by atoms with Crippen molar-refractivity contribution in [1.82, 2.24) is 14.3 Å². The number of hydrogen-bond acceptors (Lipinski definition) is 5. The van der Waals surface area contributed by atoms with Gasteiger partial charge in [-0.2, -0.15) is 4.40 Å². The summed E-state index contributed by atoms with van der Waals surface area (Å²) in [5.41, 5.74) is 0.756. The summed E-state index contributed by atoms with van der Waals surface area (Å²) in [5.74, 6) is -1.08. The molecule has 0 radical (unpaired) electrons. The molecular formula is C13H16N4O4. The second kappa shape index (κ2) is 6.31. The zero-order valence-electron chi connectivity index (χ0n) is 11.6. The van der Waals surface area contributed by atoms with Crippen molar-refractivity contribution in [2.24, 2.45) is 0 Å². The summed E-state index contributed by atoms with van der Waals surface area (Å²) >= 11 is 0. The predicted molar refractivity (Wildman–Crippen MR) is 75.1 cm³/mol. The number of nitro groups is 1. The highest BCUT2D eigenvalue weighted by molar-refractivity contribution is 5.69. The molecule has 0 aliphatic heterocycles. The normalized spacial score (nSPS) is 11.1. The van der Waals surface area contributed by atoms with Gasteiger partial charge in [0.2, 0.25) is 5.65 Å². The fourth-order valence-corrected chi connectivity index (χ4v) is 2.26. The van der Waals surface area contributed by atoms with Crippen molar-refractivity contribution < 1.29 is 14.8 Å². The summed E-state index contributed by atoms with van der Waals surface area (Å²) in [7, 11) is 0. The number of carboxylic acid groups (broad SMARTS) is 1. The van der Waals surface area contributed by atoms with Crippen molar-refractivity contribution in [3.05, 3.63) is 40.2 Å². The molecule has 8 nitrogen and oxygen atoms in total. The zero-order valence-corrected chi connectivity index (χ0v) is 11.6. The number of fused-ring (bicyclic) bond motifs is 1. The number of hydrogen-bond donors (Lipinski definition) is 1. The van der Waals surface area contributed by atoms with Gasteiger partial charge in [-0.15, -0.1) is 0 Å². The lowest BCUT2D eigenvalue weighted by molar-refractivity contribution is -0.391. The third-order valence-electron chi connectivity index (χ3n) is 3.02. The third-order valence-corrected chi connectivity index (χ3v) is 3.02. The Morgan fingerprint density at radius 2 is 2.29 bits per heavy atom. The Bertz CT molecular complexity index is 667. The molecule has 2 aromatic rings. The van der Waals surface area contributed by atoms with Crippen LogP contribution in [0.3, 0.4) is 0 Å². The molecule has 0 bridgehead atoms. The minimum Gasteiger partial charge on any atom is -0.480 e. The number of carbonyl (C=O) groups is 1. The molecule has 0 fully saturated rings. The molecule has 8 heteroatoms. The molecule has 1 N–H and O–H groups in total. The molecule has 0 aliphatic rings. The molecule has 21 heavy (non-hydrogen) atoms. The van der Waals surface area contributed by atoms with Gasteiger partial charge >= 0.3 is 11.8 Å². The van der Waals surface area contributed by atoms with Gasteiger partial charge in [-0.3, -0.25) is 9.69 Å². The first-order valence-corrected chi connectivity index (χ1v) is 6.57. The zero-order chi connectivity index (χ0) is 15.4. The summed E-state index contributed by atoms with van der Waals surface area (Å²) in [5, 5.41) is 20.2. The van der Waals surface area contributed by atoms with Gasteiger partial charge in [-0.05, 0) is 24.0 Å². The van der Waals surface area contributed by atoms with Gasteiger partial charge in [0.05, 0.1) is 12.7 Å². The minimum absolute atomic E-state index is 0.114. The molecule has 2 heterocycles. The van der Waals surface area contributed by atoms with Crippen LogP contribution in [0.25, 0.3) is 5.65 Å². The molecule has 2 rings (SSSR count). The summed E-state index contributed by atoms with van der Waals surface area (Å²) in [6.07, 6.45) is 2.33. The fraction of sp³-hybridized carbons (Fsp3) is 0.385. The summed E-state index contributed by atoms with van der Waals surface area (Å²) in [4.78, 5) is 27.5. The summed E-state index contributed by atoms with van der Waals surface area (Å²) in [6.45, 7) is 2.43. The maximum Gasteiger partial charge on any atom is 0.352 e. The van der Waals surface area contributed by atoms with E-state index >= 15 is 0 Å². The first-order chi connectivity index (χ1) is 10.0. The van der Waals surface area contributed by atoms with Crippen molar-refractivity contribution in [3.8, 4) is 0 Å². The van der Waals surface area contributed by atoms with Crippen LogP contribution in [0, 0.1) is 10.1 Å². The lowest BCUT2D eigenvalue weighted by atomic mass is 10.3. The minimum atomic E-state index is -0.963. The van der Waals surface area contributed by atoms with Crippen molar-refractivity contribution in [1.29, 1.82) is 0 Å². The van der Waals surface area contributed by atoms with Crippen LogP contribution >= 0.6 is 0 Å². The van der Waals surface area contributed by atoms with Crippen LogP contribution in [-0.4, -0.2) is 43.4 Å². The Morgan fingerprint density at radius 1 is 1.52 bits per heavy atom. The lowest BCUT2D eigenvalue weighted by Gasteiger charge is -2.17. The topological polar surface area (TPSA) is 101 Å². The van der Waals surface area contributed by atoms with Gasteiger partial charge in [0.1, 0.15) is 0 Å². The van der Waals surface area contributed by atoms with E-state index in [4.69, 9.17) is 5.11 Å². The third kappa shape index (κ3) is 3.34. The van der Waals surface area contributed by atoms with E-state index in [0.29, 0.717) is 12.2 Å². The number of aromatic nitrogens is 2. The average molecular weight is 292 g/mol. The van der Waals surface area contributed by atoms with E-state index in [9.17, 15) is 14.9 Å². The smallest absolute Gasteiger partial charge is 0.352 e. The summed E-state index contributed by atoms with van der Waals surface area (Å²) < 4.78 is 1.40. The molecule has 0 atom stereocenters. The number of imidazole rings is 1. The fourth-order valence-electron chi connectivity index (χ4n) is 2.26. The number of nitrogens with zero attached hydrogens (tertiary/aromatic N) is 4. The van der Waals surface area contributed by atoms with Crippen LogP contribution in [0.1, 0.15) is 19.0 Å². The van der Waals surface area contributed by atoms with E-state index < -0.39 is 10.9 Å². The molecule has 0 aliphatic carbocycles. The Hall–Kier alpha value is -2.48. The van der Waals surface area contributed by atoms with Gasteiger partial charge in [-0.25, -0.2) is 4.98 Å². The van der Waals surface area contributed by atoms with Crippen molar-refractivity contribution >= 4 is 17.4 Å². The van der Waals surface area contributed by atoms with Crippen LogP contribution < -0.4 is 0 Å². The van der Waals surface area contributed by atoms with Gasteiger partial charge in [-0.1, -0.05) is 13.0 Å². The van der Waals surface area contributed by atoms with Gasteiger partial charge < -0.3 is 15.2 Å². The maximum atomic E-state index is 11.3. The van der Waals surface area contributed by atoms with E-state index in [2.05, 4.69) is 4.98 Å². The molecule has 112 valence electrons. The highest BCUT2D eigenvalue weighted by atomic mass is 16.6. The lowest BCUT2D eigenvalue weighted by Crippen LogP contribution is -2.30. The molecular weight excluding hydrogens is 276 g/mol. The van der Waals surface area contributed by atoms with Crippen LogP contribution in [0.2, 0.25) is 0 Å². The quantitative estimate of drug-likeness (QED) is 0.613. The molecule has 0 aromatic carbocycles. The van der Waals surface area contributed by atoms with Crippen LogP contribution in [0.4, 0.5) is 5.82 Å². The molecule has 0 saturated carbocycles.